The van der Waals surface area contributed by atoms with E-state index in [4.69, 9.17) is 0 Å². The van der Waals surface area contributed by atoms with Gasteiger partial charge in [-0.2, -0.15) is 0 Å². The van der Waals surface area contributed by atoms with Crippen LogP contribution in [-0.2, 0) is 11.3 Å². The van der Waals surface area contributed by atoms with Gasteiger partial charge in [-0.1, -0.05) is 12.1 Å². The maximum atomic E-state index is 13.4. The molecular formula is C15H22FN3O. The lowest BCUT2D eigenvalue weighted by molar-refractivity contribution is -0.123. The predicted molar refractivity (Wildman–Crippen MR) is 76.9 cm³/mol. The summed E-state index contributed by atoms with van der Waals surface area (Å²) in [6, 6.07) is 5.41. The average Bonchev–Trinajstić information content (AvgIpc) is 2.43. The zero-order chi connectivity index (χ0) is 14.5. The van der Waals surface area contributed by atoms with Gasteiger partial charge in [0.15, 0.2) is 0 Å². The molecule has 0 radical (unpaired) electrons. The Morgan fingerprint density at radius 1 is 1.55 bits per heavy atom. The van der Waals surface area contributed by atoms with Crippen molar-refractivity contribution in [3.05, 3.63) is 35.1 Å². The van der Waals surface area contributed by atoms with E-state index in [2.05, 4.69) is 22.5 Å². The highest BCUT2D eigenvalue weighted by molar-refractivity contribution is 5.78. The minimum absolute atomic E-state index is 0.0141. The van der Waals surface area contributed by atoms with Gasteiger partial charge in [-0.05, 0) is 31.0 Å². The van der Waals surface area contributed by atoms with Crippen LogP contribution in [0.4, 0.5) is 4.39 Å². The molecule has 0 unspecified atom stereocenters. The Bertz CT molecular complexity index is 478. The molecule has 2 rings (SSSR count). The van der Waals surface area contributed by atoms with Crippen molar-refractivity contribution in [2.75, 3.05) is 26.2 Å². The van der Waals surface area contributed by atoms with E-state index in [1.807, 2.05) is 6.07 Å². The van der Waals surface area contributed by atoms with E-state index >= 15 is 0 Å². The highest BCUT2D eigenvalue weighted by atomic mass is 19.1. The molecule has 4 nitrogen and oxygen atoms in total. The smallest absolute Gasteiger partial charge is 0.234 e. The van der Waals surface area contributed by atoms with Crippen LogP contribution < -0.4 is 10.6 Å². The lowest BCUT2D eigenvalue weighted by Crippen LogP contribution is -2.52. The third kappa shape index (κ3) is 4.02. The monoisotopic (exact) mass is 279 g/mol. The highest BCUT2D eigenvalue weighted by Gasteiger charge is 2.19. The summed E-state index contributed by atoms with van der Waals surface area (Å²) >= 11 is 0. The summed E-state index contributed by atoms with van der Waals surface area (Å²) in [4.78, 5) is 14.1. The number of hydrogen-bond acceptors (Lipinski definition) is 3. The standard InChI is InChI=1S/C15H22FN3O/c1-11-3-4-13(7-14(11)16)9-18-15(20)10-19-6-5-17-8-12(19)2/h3-4,7,12,17H,5-6,8-10H2,1-2H3,(H,18,20)/t12-/m1/s1. The highest BCUT2D eigenvalue weighted by Crippen LogP contribution is 2.09. The zero-order valence-electron chi connectivity index (χ0n) is 12.1. The minimum atomic E-state index is -0.229. The van der Waals surface area contributed by atoms with E-state index in [1.54, 1.807) is 13.0 Å². The molecule has 1 amide bonds. The van der Waals surface area contributed by atoms with Crippen LogP contribution in [0, 0.1) is 12.7 Å². The Kier molecular flexibility index (Phi) is 5.09. The Morgan fingerprint density at radius 2 is 2.35 bits per heavy atom. The number of hydrogen-bond donors (Lipinski definition) is 2. The fraction of sp³-hybridized carbons (Fsp3) is 0.533. The predicted octanol–water partition coefficient (Wildman–Crippen LogP) is 1.04. The molecule has 0 spiro atoms. The van der Waals surface area contributed by atoms with E-state index in [0.717, 1.165) is 25.2 Å². The molecule has 1 fully saturated rings. The van der Waals surface area contributed by atoms with E-state index in [-0.39, 0.29) is 11.7 Å². The normalized spacial score (nSPS) is 19.9. The molecule has 1 aliphatic rings. The quantitative estimate of drug-likeness (QED) is 0.866. The summed E-state index contributed by atoms with van der Waals surface area (Å²) in [5.41, 5.74) is 1.41. The van der Waals surface area contributed by atoms with E-state index in [0.29, 0.717) is 24.7 Å². The van der Waals surface area contributed by atoms with Crippen molar-refractivity contribution in [2.45, 2.75) is 26.4 Å². The molecule has 110 valence electrons. The van der Waals surface area contributed by atoms with Crippen molar-refractivity contribution in [1.82, 2.24) is 15.5 Å². The molecule has 0 aromatic heterocycles. The van der Waals surface area contributed by atoms with Crippen LogP contribution in [-0.4, -0.2) is 43.0 Å². The Balaban J connectivity index is 1.81. The molecular weight excluding hydrogens is 257 g/mol. The second-order valence-corrected chi connectivity index (χ2v) is 5.38. The third-order valence-electron chi connectivity index (χ3n) is 3.71. The van der Waals surface area contributed by atoms with Gasteiger partial charge in [0, 0.05) is 32.2 Å². The Labute approximate surface area is 119 Å². The summed E-state index contributed by atoms with van der Waals surface area (Å²) in [6.07, 6.45) is 0. The fourth-order valence-corrected chi connectivity index (χ4v) is 2.31. The molecule has 0 saturated carbocycles. The van der Waals surface area contributed by atoms with Crippen molar-refractivity contribution >= 4 is 5.91 Å². The SMILES string of the molecule is Cc1ccc(CNC(=O)CN2CCNC[C@H]2C)cc1F. The van der Waals surface area contributed by atoms with E-state index in [9.17, 15) is 9.18 Å². The number of aryl methyl sites for hydroxylation is 1. The lowest BCUT2D eigenvalue weighted by atomic mass is 10.1. The molecule has 1 atom stereocenters. The van der Waals surface area contributed by atoms with Crippen LogP contribution in [0.3, 0.4) is 0 Å². The number of benzene rings is 1. The number of nitrogens with one attached hydrogen (secondary N) is 2. The first kappa shape index (κ1) is 14.9. The van der Waals surface area contributed by atoms with Gasteiger partial charge in [0.05, 0.1) is 6.54 Å². The molecule has 2 N–H and O–H groups in total. The molecule has 0 aliphatic carbocycles. The number of carbonyl (C=O) groups excluding carboxylic acids is 1. The maximum absolute atomic E-state index is 13.4. The molecule has 5 heteroatoms. The van der Waals surface area contributed by atoms with Crippen LogP contribution >= 0.6 is 0 Å². The van der Waals surface area contributed by atoms with Crippen LogP contribution in [0.5, 0.6) is 0 Å². The molecule has 20 heavy (non-hydrogen) atoms. The first-order valence-electron chi connectivity index (χ1n) is 7.03. The van der Waals surface area contributed by atoms with E-state index in [1.165, 1.54) is 6.07 Å². The van der Waals surface area contributed by atoms with Crippen molar-refractivity contribution in [3.8, 4) is 0 Å². The number of nitrogens with zero attached hydrogens (tertiary/aromatic N) is 1. The first-order valence-corrected chi connectivity index (χ1v) is 7.03. The number of carbonyl (C=O) groups is 1. The number of amides is 1. The van der Waals surface area contributed by atoms with Crippen LogP contribution in [0.1, 0.15) is 18.1 Å². The van der Waals surface area contributed by atoms with Gasteiger partial charge in [-0.15, -0.1) is 0 Å². The van der Waals surface area contributed by atoms with Crippen molar-refractivity contribution in [3.63, 3.8) is 0 Å². The summed E-state index contributed by atoms with van der Waals surface area (Å²) in [5, 5.41) is 6.14. The van der Waals surface area contributed by atoms with Gasteiger partial charge in [-0.3, -0.25) is 9.69 Å². The second-order valence-electron chi connectivity index (χ2n) is 5.38. The molecule has 1 aromatic carbocycles. The largest absolute Gasteiger partial charge is 0.351 e. The zero-order valence-corrected chi connectivity index (χ0v) is 12.1. The summed E-state index contributed by atoms with van der Waals surface area (Å²) in [6.45, 7) is 7.32. The lowest BCUT2D eigenvalue weighted by Gasteiger charge is -2.33. The van der Waals surface area contributed by atoms with Crippen LogP contribution in [0.2, 0.25) is 0 Å². The van der Waals surface area contributed by atoms with Gasteiger partial charge in [-0.25, -0.2) is 4.39 Å². The molecule has 1 saturated heterocycles. The molecule has 1 heterocycles. The second kappa shape index (κ2) is 6.81. The van der Waals surface area contributed by atoms with Crippen molar-refractivity contribution in [1.29, 1.82) is 0 Å². The molecule has 1 aromatic rings. The molecule has 0 bridgehead atoms. The van der Waals surface area contributed by atoms with Crippen LogP contribution in [0.25, 0.3) is 0 Å². The average molecular weight is 279 g/mol. The van der Waals surface area contributed by atoms with Crippen LogP contribution in [0.15, 0.2) is 18.2 Å². The Morgan fingerprint density at radius 3 is 3.05 bits per heavy atom. The number of rotatable bonds is 4. The van der Waals surface area contributed by atoms with E-state index < -0.39 is 0 Å². The minimum Gasteiger partial charge on any atom is -0.351 e. The molecule has 1 aliphatic heterocycles. The number of halogens is 1. The van der Waals surface area contributed by atoms with Gasteiger partial charge in [0.2, 0.25) is 5.91 Å². The topological polar surface area (TPSA) is 44.4 Å². The van der Waals surface area contributed by atoms with Crippen molar-refractivity contribution in [2.24, 2.45) is 0 Å². The number of piperazine rings is 1. The first-order chi connectivity index (χ1) is 9.56. The van der Waals surface area contributed by atoms with Gasteiger partial charge in [0.25, 0.3) is 0 Å². The van der Waals surface area contributed by atoms with Gasteiger partial charge in [0.1, 0.15) is 5.82 Å². The summed E-state index contributed by atoms with van der Waals surface area (Å²) in [5.74, 6) is -0.243. The summed E-state index contributed by atoms with van der Waals surface area (Å²) < 4.78 is 13.4. The van der Waals surface area contributed by atoms with Gasteiger partial charge >= 0.3 is 0 Å². The van der Waals surface area contributed by atoms with Gasteiger partial charge < -0.3 is 10.6 Å². The fourth-order valence-electron chi connectivity index (χ4n) is 2.31. The van der Waals surface area contributed by atoms with Crippen molar-refractivity contribution < 1.29 is 9.18 Å². The third-order valence-corrected chi connectivity index (χ3v) is 3.71. The summed E-state index contributed by atoms with van der Waals surface area (Å²) in [7, 11) is 0. The Hall–Kier alpha value is -1.46. The maximum Gasteiger partial charge on any atom is 0.234 e.